The third-order valence-corrected chi connectivity index (χ3v) is 2.55. The second-order valence-electron chi connectivity index (χ2n) is 3.90. The van der Waals surface area contributed by atoms with Crippen molar-refractivity contribution in [1.82, 2.24) is 15.0 Å². The zero-order chi connectivity index (χ0) is 13.1. The molecule has 1 aromatic heterocycles. The fraction of sp³-hybridized carbons (Fsp3) is 0.250. The van der Waals surface area contributed by atoms with E-state index in [1.165, 1.54) is 23.0 Å². The third-order valence-electron chi connectivity index (χ3n) is 2.55. The van der Waals surface area contributed by atoms with E-state index in [1.54, 1.807) is 0 Å². The molecular formula is C12H13FN4O. The number of benzene rings is 1. The van der Waals surface area contributed by atoms with Crippen LogP contribution < -0.4 is 5.73 Å². The molecule has 0 aliphatic rings. The van der Waals surface area contributed by atoms with E-state index in [0.717, 1.165) is 12.5 Å². The molecule has 0 saturated heterocycles. The minimum absolute atomic E-state index is 0.134. The minimum atomic E-state index is -0.498. The van der Waals surface area contributed by atoms with Gasteiger partial charge in [0.05, 0.1) is 11.8 Å². The average molecular weight is 248 g/mol. The van der Waals surface area contributed by atoms with Gasteiger partial charge < -0.3 is 5.73 Å². The van der Waals surface area contributed by atoms with E-state index in [2.05, 4.69) is 10.3 Å². The number of aromatic nitrogens is 3. The highest BCUT2D eigenvalue weighted by Crippen LogP contribution is 2.17. The molecule has 1 aromatic carbocycles. The van der Waals surface area contributed by atoms with E-state index in [9.17, 15) is 9.18 Å². The van der Waals surface area contributed by atoms with Crippen LogP contribution in [0.4, 0.5) is 10.1 Å². The maximum absolute atomic E-state index is 13.2. The minimum Gasteiger partial charge on any atom is -0.398 e. The first-order chi connectivity index (χ1) is 8.63. The predicted molar refractivity (Wildman–Crippen MR) is 64.6 cm³/mol. The van der Waals surface area contributed by atoms with Crippen LogP contribution in [0.15, 0.2) is 24.4 Å². The van der Waals surface area contributed by atoms with E-state index in [-0.39, 0.29) is 17.0 Å². The third kappa shape index (κ3) is 2.22. The van der Waals surface area contributed by atoms with Crippen molar-refractivity contribution < 1.29 is 9.18 Å². The number of aryl methyl sites for hydroxylation is 1. The van der Waals surface area contributed by atoms with Gasteiger partial charge in [-0.05, 0) is 24.6 Å². The summed E-state index contributed by atoms with van der Waals surface area (Å²) in [6, 6.07) is 3.71. The lowest BCUT2D eigenvalue weighted by atomic mass is 10.1. The number of hydrogen-bond acceptors (Lipinski definition) is 4. The van der Waals surface area contributed by atoms with E-state index in [0.29, 0.717) is 12.2 Å². The first kappa shape index (κ1) is 12.2. The first-order valence-electron chi connectivity index (χ1n) is 5.61. The number of halogens is 1. The largest absolute Gasteiger partial charge is 0.398 e. The standard InChI is InChI=1S/C12H13FN4O/c1-2-5-17-11(7-15-16-17)12(18)9-6-8(13)3-4-10(9)14/h3-4,6-7H,2,5,14H2,1H3. The van der Waals surface area contributed by atoms with Gasteiger partial charge in [0.25, 0.3) is 0 Å². The molecule has 0 fully saturated rings. The van der Waals surface area contributed by atoms with Gasteiger partial charge >= 0.3 is 0 Å². The molecule has 0 amide bonds. The van der Waals surface area contributed by atoms with Gasteiger partial charge in [0.15, 0.2) is 0 Å². The van der Waals surface area contributed by atoms with Crippen LogP contribution in [0.1, 0.15) is 29.4 Å². The van der Waals surface area contributed by atoms with Crippen molar-refractivity contribution in [2.45, 2.75) is 19.9 Å². The van der Waals surface area contributed by atoms with Crippen molar-refractivity contribution in [3.8, 4) is 0 Å². The molecule has 0 bridgehead atoms. The van der Waals surface area contributed by atoms with E-state index < -0.39 is 5.82 Å². The van der Waals surface area contributed by atoms with Gasteiger partial charge in [0.2, 0.25) is 5.78 Å². The Kier molecular flexibility index (Phi) is 3.36. The van der Waals surface area contributed by atoms with Gasteiger partial charge in [-0.25, -0.2) is 9.07 Å². The maximum Gasteiger partial charge on any atom is 0.214 e. The summed E-state index contributed by atoms with van der Waals surface area (Å²) >= 11 is 0. The van der Waals surface area contributed by atoms with Gasteiger partial charge in [0, 0.05) is 12.2 Å². The molecule has 94 valence electrons. The molecule has 0 radical (unpaired) electrons. The Labute approximate surface area is 103 Å². The summed E-state index contributed by atoms with van der Waals surface area (Å²) in [5.41, 5.74) is 6.37. The summed E-state index contributed by atoms with van der Waals surface area (Å²) in [5.74, 6) is -0.868. The molecule has 5 nitrogen and oxygen atoms in total. The Bertz CT molecular complexity index is 579. The lowest BCUT2D eigenvalue weighted by Gasteiger charge is -2.06. The van der Waals surface area contributed by atoms with Crippen molar-refractivity contribution in [2.24, 2.45) is 0 Å². The number of ketones is 1. The fourth-order valence-corrected chi connectivity index (χ4v) is 1.67. The van der Waals surface area contributed by atoms with Crippen molar-refractivity contribution >= 4 is 11.5 Å². The van der Waals surface area contributed by atoms with Crippen LogP contribution in [0.5, 0.6) is 0 Å². The van der Waals surface area contributed by atoms with E-state index >= 15 is 0 Å². The van der Waals surface area contributed by atoms with Gasteiger partial charge in [-0.15, -0.1) is 5.10 Å². The summed E-state index contributed by atoms with van der Waals surface area (Å²) in [4.78, 5) is 12.2. The van der Waals surface area contributed by atoms with Crippen LogP contribution in [-0.2, 0) is 6.54 Å². The van der Waals surface area contributed by atoms with Crippen LogP contribution in [0.2, 0.25) is 0 Å². The van der Waals surface area contributed by atoms with Crippen LogP contribution in [-0.4, -0.2) is 20.8 Å². The smallest absolute Gasteiger partial charge is 0.214 e. The quantitative estimate of drug-likeness (QED) is 0.659. The molecular weight excluding hydrogens is 235 g/mol. The zero-order valence-corrected chi connectivity index (χ0v) is 9.93. The number of rotatable bonds is 4. The van der Waals surface area contributed by atoms with Crippen LogP contribution in [0.25, 0.3) is 0 Å². The lowest BCUT2D eigenvalue weighted by Crippen LogP contribution is -2.13. The Morgan fingerprint density at radius 2 is 2.28 bits per heavy atom. The molecule has 0 spiro atoms. The topological polar surface area (TPSA) is 73.8 Å². The number of carbonyl (C=O) groups excluding carboxylic acids is 1. The van der Waals surface area contributed by atoms with Crippen molar-refractivity contribution in [1.29, 1.82) is 0 Å². The van der Waals surface area contributed by atoms with E-state index in [1.807, 2.05) is 6.92 Å². The van der Waals surface area contributed by atoms with Gasteiger partial charge in [-0.1, -0.05) is 12.1 Å². The summed E-state index contributed by atoms with van der Waals surface area (Å²) in [7, 11) is 0. The number of carbonyl (C=O) groups is 1. The molecule has 2 N–H and O–H groups in total. The number of anilines is 1. The molecule has 0 aliphatic heterocycles. The monoisotopic (exact) mass is 248 g/mol. The van der Waals surface area contributed by atoms with Crippen molar-refractivity contribution in [3.63, 3.8) is 0 Å². The summed E-state index contributed by atoms with van der Waals surface area (Å²) in [5, 5.41) is 7.51. The molecule has 0 aliphatic carbocycles. The Hall–Kier alpha value is -2.24. The molecule has 2 rings (SSSR count). The summed E-state index contributed by atoms with van der Waals surface area (Å²) in [6.45, 7) is 2.54. The average Bonchev–Trinajstić information content (AvgIpc) is 2.80. The fourth-order valence-electron chi connectivity index (χ4n) is 1.67. The summed E-state index contributed by atoms with van der Waals surface area (Å²) < 4.78 is 14.6. The first-order valence-corrected chi connectivity index (χ1v) is 5.61. The molecule has 6 heteroatoms. The van der Waals surface area contributed by atoms with Gasteiger partial charge in [-0.2, -0.15) is 0 Å². The number of nitrogens with zero attached hydrogens (tertiary/aromatic N) is 3. The molecule has 0 unspecified atom stereocenters. The second kappa shape index (κ2) is 4.95. The van der Waals surface area contributed by atoms with Crippen LogP contribution >= 0.6 is 0 Å². The normalized spacial score (nSPS) is 10.6. The Morgan fingerprint density at radius 3 is 3.00 bits per heavy atom. The predicted octanol–water partition coefficient (Wildman–Crippen LogP) is 1.64. The second-order valence-corrected chi connectivity index (χ2v) is 3.90. The summed E-state index contributed by atoms with van der Waals surface area (Å²) in [6.07, 6.45) is 2.19. The van der Waals surface area contributed by atoms with Crippen LogP contribution in [0.3, 0.4) is 0 Å². The molecule has 2 aromatic rings. The number of nitrogens with two attached hydrogens (primary N) is 1. The van der Waals surface area contributed by atoms with Crippen molar-refractivity contribution in [2.75, 3.05) is 5.73 Å². The zero-order valence-electron chi connectivity index (χ0n) is 9.93. The highest BCUT2D eigenvalue weighted by Gasteiger charge is 2.18. The van der Waals surface area contributed by atoms with Crippen molar-refractivity contribution in [3.05, 3.63) is 41.5 Å². The highest BCUT2D eigenvalue weighted by atomic mass is 19.1. The molecule has 1 heterocycles. The van der Waals surface area contributed by atoms with Crippen LogP contribution in [0, 0.1) is 5.82 Å². The van der Waals surface area contributed by atoms with Gasteiger partial charge in [0.1, 0.15) is 11.5 Å². The molecule has 0 saturated carbocycles. The lowest BCUT2D eigenvalue weighted by molar-refractivity contribution is 0.102. The Morgan fingerprint density at radius 1 is 1.50 bits per heavy atom. The van der Waals surface area contributed by atoms with Gasteiger partial charge in [-0.3, -0.25) is 4.79 Å². The number of hydrogen-bond donors (Lipinski definition) is 1. The highest BCUT2D eigenvalue weighted by molar-refractivity contribution is 6.10. The molecule has 18 heavy (non-hydrogen) atoms. The van der Waals surface area contributed by atoms with E-state index in [4.69, 9.17) is 5.73 Å². The SMILES string of the molecule is CCCn1nncc1C(=O)c1cc(F)ccc1N. The number of nitrogen functional groups attached to an aromatic ring is 1. The molecule has 0 atom stereocenters. The Balaban J connectivity index is 2.41. The maximum atomic E-state index is 13.2.